The quantitative estimate of drug-likeness (QED) is 0.873. The van der Waals surface area contributed by atoms with Crippen molar-refractivity contribution >= 4 is 17.3 Å². The van der Waals surface area contributed by atoms with Crippen LogP contribution in [0.2, 0.25) is 0 Å². The van der Waals surface area contributed by atoms with Crippen LogP contribution in [0.4, 0.5) is 0 Å². The summed E-state index contributed by atoms with van der Waals surface area (Å²) in [6, 6.07) is 12.6. The second-order valence-corrected chi connectivity index (χ2v) is 7.80. The van der Waals surface area contributed by atoms with Gasteiger partial charge >= 0.3 is 5.97 Å². The van der Waals surface area contributed by atoms with Gasteiger partial charge in [-0.1, -0.05) is 57.2 Å². The summed E-state index contributed by atoms with van der Waals surface area (Å²) in [5.74, 6) is -0.426. The van der Waals surface area contributed by atoms with E-state index in [-0.39, 0.29) is 5.41 Å². The Morgan fingerprint density at radius 3 is 2.39 bits per heavy atom. The van der Waals surface area contributed by atoms with Crippen molar-refractivity contribution < 1.29 is 14.3 Å². The Kier molecular flexibility index (Phi) is 4.04. The van der Waals surface area contributed by atoms with Crippen molar-refractivity contribution in [3.8, 4) is 0 Å². The molecule has 0 radical (unpaired) electrons. The molecule has 0 aliphatic carbocycles. The smallest absolute Gasteiger partial charge is 0.347 e. The van der Waals surface area contributed by atoms with Gasteiger partial charge in [0.15, 0.2) is 0 Å². The van der Waals surface area contributed by atoms with E-state index in [0.29, 0.717) is 0 Å². The van der Waals surface area contributed by atoms with Crippen molar-refractivity contribution in [2.75, 3.05) is 0 Å². The second-order valence-electron chi connectivity index (χ2n) is 6.82. The number of thiophene rings is 1. The minimum atomic E-state index is -1.32. The Balaban J connectivity index is 2.10. The van der Waals surface area contributed by atoms with E-state index in [2.05, 4.69) is 0 Å². The Hall–Kier alpha value is -1.69. The van der Waals surface area contributed by atoms with Gasteiger partial charge in [-0.25, -0.2) is 4.79 Å². The first kappa shape index (κ1) is 16.2. The molecular formula is C18H21NO3S. The Morgan fingerprint density at radius 1 is 1.17 bits per heavy atom. The summed E-state index contributed by atoms with van der Waals surface area (Å²) in [7, 11) is 0. The molecule has 23 heavy (non-hydrogen) atoms. The van der Waals surface area contributed by atoms with Gasteiger partial charge in [-0.3, -0.25) is 0 Å². The fraction of sp³-hybridized carbons (Fsp3) is 0.389. The lowest BCUT2D eigenvalue weighted by Crippen LogP contribution is -2.44. The van der Waals surface area contributed by atoms with Crippen LogP contribution in [-0.4, -0.2) is 12.3 Å². The van der Waals surface area contributed by atoms with Gasteiger partial charge in [0.05, 0.1) is 6.04 Å². The Morgan fingerprint density at radius 2 is 1.87 bits per heavy atom. The van der Waals surface area contributed by atoms with Gasteiger partial charge < -0.3 is 15.2 Å². The zero-order valence-electron chi connectivity index (χ0n) is 13.5. The molecule has 1 aromatic carbocycles. The van der Waals surface area contributed by atoms with E-state index in [0.717, 1.165) is 10.4 Å². The van der Waals surface area contributed by atoms with E-state index in [1.165, 1.54) is 11.3 Å². The summed E-state index contributed by atoms with van der Waals surface area (Å²) in [6.07, 6.45) is -0.638. The number of ether oxygens (including phenoxy) is 2. The first-order valence-corrected chi connectivity index (χ1v) is 8.47. The van der Waals surface area contributed by atoms with Gasteiger partial charge in [-0.05, 0) is 17.0 Å². The predicted molar refractivity (Wildman–Crippen MR) is 89.8 cm³/mol. The van der Waals surface area contributed by atoms with Crippen LogP contribution >= 0.6 is 11.3 Å². The molecule has 0 spiro atoms. The normalized spacial score (nSPS) is 26.1. The number of benzene rings is 1. The predicted octanol–water partition coefficient (Wildman–Crippen LogP) is 3.59. The molecular weight excluding hydrogens is 310 g/mol. The highest BCUT2D eigenvalue weighted by Gasteiger charge is 2.58. The highest BCUT2D eigenvalue weighted by molar-refractivity contribution is 7.10. The minimum absolute atomic E-state index is 0.332. The summed E-state index contributed by atoms with van der Waals surface area (Å²) < 4.78 is 11.8. The standard InChI is InChI=1S/C18H21NO3S/c1-17(2,3)16-21-15(20)18(22-16,12-8-5-4-6-9-12)14(19)13-10-7-11-23-13/h4-11,14,16H,19H2,1-3H3/t14-,16-,18-/m1/s1. The Bertz CT molecular complexity index is 678. The number of carbonyl (C=O) groups is 1. The van der Waals surface area contributed by atoms with E-state index in [9.17, 15) is 4.79 Å². The van der Waals surface area contributed by atoms with E-state index in [1.807, 2.05) is 68.6 Å². The molecule has 122 valence electrons. The van der Waals surface area contributed by atoms with Crippen LogP contribution in [0.1, 0.15) is 37.3 Å². The average molecular weight is 331 g/mol. The maximum Gasteiger partial charge on any atom is 0.347 e. The lowest BCUT2D eigenvalue weighted by Gasteiger charge is -2.32. The Labute approximate surface area is 140 Å². The van der Waals surface area contributed by atoms with Crippen molar-refractivity contribution in [1.29, 1.82) is 0 Å². The maximum atomic E-state index is 12.9. The molecule has 3 rings (SSSR count). The van der Waals surface area contributed by atoms with Gasteiger partial charge in [-0.2, -0.15) is 0 Å². The molecule has 1 aliphatic rings. The molecule has 0 saturated carbocycles. The number of cyclic esters (lactones) is 1. The molecule has 2 aromatic rings. The number of esters is 1. The second kappa shape index (κ2) is 5.74. The van der Waals surface area contributed by atoms with Crippen LogP contribution in [-0.2, 0) is 19.9 Å². The van der Waals surface area contributed by atoms with Crippen LogP contribution in [0, 0.1) is 5.41 Å². The average Bonchev–Trinajstić information content (AvgIpc) is 3.15. The van der Waals surface area contributed by atoms with Gasteiger partial charge in [0.2, 0.25) is 11.9 Å². The third-order valence-corrected chi connectivity index (χ3v) is 4.96. The summed E-state index contributed by atoms with van der Waals surface area (Å²) in [5.41, 5.74) is 5.56. The molecule has 1 saturated heterocycles. The van der Waals surface area contributed by atoms with Gasteiger partial charge in [0, 0.05) is 10.3 Å². The topological polar surface area (TPSA) is 61.5 Å². The molecule has 2 heterocycles. The van der Waals surface area contributed by atoms with Crippen molar-refractivity contribution in [3.05, 3.63) is 58.3 Å². The first-order valence-electron chi connectivity index (χ1n) is 7.59. The van der Waals surface area contributed by atoms with Crippen molar-refractivity contribution in [2.45, 2.75) is 38.7 Å². The molecule has 1 aromatic heterocycles. The lowest BCUT2D eigenvalue weighted by atomic mass is 9.85. The molecule has 4 nitrogen and oxygen atoms in total. The minimum Gasteiger partial charge on any atom is -0.433 e. The SMILES string of the molecule is CC(C)(C)[C@@H]1OC(=O)[C@@](c2ccccc2)([C@H](N)c2cccs2)O1. The third kappa shape index (κ3) is 2.69. The number of carbonyl (C=O) groups excluding carboxylic acids is 1. The van der Waals surface area contributed by atoms with E-state index < -0.39 is 23.9 Å². The molecule has 0 amide bonds. The summed E-state index contributed by atoms with van der Waals surface area (Å²) in [6.45, 7) is 5.92. The number of hydrogen-bond acceptors (Lipinski definition) is 5. The number of hydrogen-bond donors (Lipinski definition) is 1. The largest absolute Gasteiger partial charge is 0.433 e. The molecule has 0 bridgehead atoms. The van der Waals surface area contributed by atoms with Crippen LogP contribution in [0.5, 0.6) is 0 Å². The van der Waals surface area contributed by atoms with Gasteiger partial charge in [-0.15, -0.1) is 11.3 Å². The zero-order chi connectivity index (χ0) is 16.7. The molecule has 2 N–H and O–H groups in total. The summed E-state index contributed by atoms with van der Waals surface area (Å²) >= 11 is 1.51. The van der Waals surface area contributed by atoms with Crippen molar-refractivity contribution in [1.82, 2.24) is 0 Å². The van der Waals surface area contributed by atoms with Crippen LogP contribution in [0.3, 0.4) is 0 Å². The monoisotopic (exact) mass is 331 g/mol. The first-order chi connectivity index (χ1) is 10.9. The summed E-state index contributed by atoms with van der Waals surface area (Å²) in [5, 5.41) is 1.94. The van der Waals surface area contributed by atoms with Gasteiger partial charge in [0.1, 0.15) is 0 Å². The zero-order valence-corrected chi connectivity index (χ0v) is 14.3. The molecule has 3 atom stereocenters. The molecule has 1 fully saturated rings. The molecule has 5 heteroatoms. The van der Waals surface area contributed by atoms with E-state index >= 15 is 0 Å². The summed E-state index contributed by atoms with van der Waals surface area (Å²) in [4.78, 5) is 13.8. The number of rotatable bonds is 3. The van der Waals surface area contributed by atoms with Gasteiger partial charge in [0.25, 0.3) is 0 Å². The fourth-order valence-corrected chi connectivity index (χ4v) is 3.48. The maximum absolute atomic E-state index is 12.9. The van der Waals surface area contributed by atoms with E-state index in [1.54, 1.807) is 0 Å². The fourth-order valence-electron chi connectivity index (χ4n) is 2.70. The number of nitrogens with two attached hydrogens (primary N) is 1. The highest BCUT2D eigenvalue weighted by Crippen LogP contribution is 2.47. The highest BCUT2D eigenvalue weighted by atomic mass is 32.1. The van der Waals surface area contributed by atoms with E-state index in [4.69, 9.17) is 15.2 Å². The molecule has 1 aliphatic heterocycles. The third-order valence-electron chi connectivity index (χ3n) is 4.01. The van der Waals surface area contributed by atoms with Crippen LogP contribution in [0.15, 0.2) is 47.8 Å². The van der Waals surface area contributed by atoms with Crippen molar-refractivity contribution in [2.24, 2.45) is 11.1 Å². The van der Waals surface area contributed by atoms with Crippen LogP contribution < -0.4 is 5.73 Å². The van der Waals surface area contributed by atoms with Crippen molar-refractivity contribution in [3.63, 3.8) is 0 Å². The van der Waals surface area contributed by atoms with Crippen LogP contribution in [0.25, 0.3) is 0 Å². The lowest BCUT2D eigenvalue weighted by molar-refractivity contribution is -0.157. The molecule has 0 unspecified atom stereocenters.